The monoisotopic (exact) mass is 635 g/mol. The lowest BCUT2D eigenvalue weighted by Gasteiger charge is -2.16. The van der Waals surface area contributed by atoms with Crippen LogP contribution < -0.4 is 10.1 Å². The number of nitrogens with zero attached hydrogens (tertiary/aromatic N) is 2. The third-order valence-electron chi connectivity index (χ3n) is 7.03. The fraction of sp³-hybridized carbons (Fsp3) is 0.314. The predicted octanol–water partition coefficient (Wildman–Crippen LogP) is 7.68. The minimum atomic E-state index is -4.48. The minimum absolute atomic E-state index is 0.0775. The molecule has 0 spiro atoms. The second-order valence-electron chi connectivity index (χ2n) is 10.6. The van der Waals surface area contributed by atoms with Gasteiger partial charge in [0.25, 0.3) is 0 Å². The molecule has 1 heterocycles. The van der Waals surface area contributed by atoms with Crippen LogP contribution in [0.2, 0.25) is 0 Å². The smallest absolute Gasteiger partial charge is 0.416 e. The standard InChI is InChI=1S/C35H36F3N3O5/c1-4-44-34(43)39-22-29(40-23(2)20-32(42)26-12-14-28(15-13-26)35(36,37)38)21-25-10-16-30(17-11-25)45-19-18-31-24(3)46-33(41-31)27-8-6-5-7-9-27/h5-17,29H,4,18-22H2,1-3H3,(H,39,43)/t29-/m0/s1. The van der Waals surface area contributed by atoms with Crippen molar-refractivity contribution in [2.75, 3.05) is 19.8 Å². The molecule has 1 amide bonds. The molecule has 4 rings (SSSR count). The van der Waals surface area contributed by atoms with E-state index in [0.29, 0.717) is 36.8 Å². The van der Waals surface area contributed by atoms with E-state index in [1.807, 2.05) is 61.5 Å². The van der Waals surface area contributed by atoms with E-state index in [2.05, 4.69) is 15.3 Å². The quantitative estimate of drug-likeness (QED) is 0.113. The summed E-state index contributed by atoms with van der Waals surface area (Å²) in [5.41, 5.74) is 2.49. The van der Waals surface area contributed by atoms with Gasteiger partial charge in [0.2, 0.25) is 5.89 Å². The fourth-order valence-corrected chi connectivity index (χ4v) is 4.71. The van der Waals surface area contributed by atoms with Crippen molar-refractivity contribution in [2.24, 2.45) is 4.99 Å². The molecule has 0 aliphatic heterocycles. The second-order valence-corrected chi connectivity index (χ2v) is 10.6. The normalized spacial score (nSPS) is 12.4. The Bertz CT molecular complexity index is 1620. The molecule has 1 N–H and O–H groups in total. The van der Waals surface area contributed by atoms with E-state index in [-0.39, 0.29) is 30.9 Å². The van der Waals surface area contributed by atoms with Gasteiger partial charge in [-0.15, -0.1) is 0 Å². The van der Waals surface area contributed by atoms with Gasteiger partial charge < -0.3 is 19.2 Å². The molecule has 242 valence electrons. The molecule has 1 aromatic heterocycles. The Kier molecular flexibility index (Phi) is 11.7. The molecule has 3 aromatic carbocycles. The van der Waals surface area contributed by atoms with Gasteiger partial charge >= 0.3 is 12.3 Å². The van der Waals surface area contributed by atoms with E-state index in [1.54, 1.807) is 13.8 Å². The highest BCUT2D eigenvalue weighted by Gasteiger charge is 2.30. The molecule has 0 radical (unpaired) electrons. The van der Waals surface area contributed by atoms with Crippen LogP contribution in [0.25, 0.3) is 11.5 Å². The predicted molar refractivity (Wildman–Crippen MR) is 168 cm³/mol. The van der Waals surface area contributed by atoms with Crippen LogP contribution in [0.1, 0.15) is 53.2 Å². The Labute approximate surface area is 265 Å². The highest BCUT2D eigenvalue weighted by atomic mass is 19.4. The summed E-state index contributed by atoms with van der Waals surface area (Å²) in [6.45, 7) is 6.03. The molecule has 1 atom stereocenters. The SMILES string of the molecule is CCOC(=O)NC[C@H](Cc1ccc(OCCc2nc(-c3ccccc3)oc2C)cc1)N=C(C)CC(=O)c1ccc(C(F)(F)F)cc1. The lowest BCUT2D eigenvalue weighted by atomic mass is 10.0. The van der Waals surface area contributed by atoms with Crippen LogP contribution in [-0.4, -0.2) is 48.4 Å². The zero-order chi connectivity index (χ0) is 33.1. The van der Waals surface area contributed by atoms with Crippen molar-refractivity contribution in [3.8, 4) is 17.2 Å². The van der Waals surface area contributed by atoms with E-state index in [1.165, 1.54) is 0 Å². The van der Waals surface area contributed by atoms with Crippen LogP contribution in [0, 0.1) is 6.92 Å². The van der Waals surface area contributed by atoms with E-state index >= 15 is 0 Å². The zero-order valence-electron chi connectivity index (χ0n) is 25.9. The summed E-state index contributed by atoms with van der Waals surface area (Å²) in [4.78, 5) is 33.9. The number of hydrogen-bond donors (Lipinski definition) is 1. The topological polar surface area (TPSA) is 103 Å². The first-order chi connectivity index (χ1) is 22.0. The molecule has 0 fully saturated rings. The van der Waals surface area contributed by atoms with Gasteiger partial charge in [-0.1, -0.05) is 42.5 Å². The number of aryl methyl sites for hydroxylation is 1. The molecule has 0 aliphatic carbocycles. The first-order valence-electron chi connectivity index (χ1n) is 14.9. The van der Waals surface area contributed by atoms with E-state index in [0.717, 1.165) is 46.8 Å². The number of alkyl carbamates (subject to hydrolysis) is 1. The van der Waals surface area contributed by atoms with Crippen molar-refractivity contribution in [2.45, 2.75) is 52.3 Å². The Morgan fingerprint density at radius 2 is 1.70 bits per heavy atom. The third kappa shape index (κ3) is 10.0. The highest BCUT2D eigenvalue weighted by molar-refractivity contribution is 6.09. The maximum absolute atomic E-state index is 12.9. The Hall–Kier alpha value is -4.93. The lowest BCUT2D eigenvalue weighted by Crippen LogP contribution is -2.33. The summed E-state index contributed by atoms with van der Waals surface area (Å²) in [5, 5.41) is 2.69. The summed E-state index contributed by atoms with van der Waals surface area (Å²) >= 11 is 0. The number of ketones is 1. The van der Waals surface area contributed by atoms with Crippen molar-refractivity contribution < 1.29 is 36.7 Å². The molecular formula is C35H36F3N3O5. The Morgan fingerprint density at radius 3 is 2.35 bits per heavy atom. The Morgan fingerprint density at radius 1 is 1.00 bits per heavy atom. The van der Waals surface area contributed by atoms with Gasteiger partial charge in [-0.05, 0) is 69.2 Å². The van der Waals surface area contributed by atoms with Crippen LogP contribution in [0.4, 0.5) is 18.0 Å². The third-order valence-corrected chi connectivity index (χ3v) is 7.03. The number of carbonyl (C=O) groups excluding carboxylic acids is 2. The van der Waals surface area contributed by atoms with Gasteiger partial charge in [0, 0.05) is 36.2 Å². The van der Waals surface area contributed by atoms with E-state index < -0.39 is 23.9 Å². The maximum Gasteiger partial charge on any atom is 0.416 e. The summed E-state index contributed by atoms with van der Waals surface area (Å²) in [6.07, 6.45) is -4.12. The van der Waals surface area contributed by atoms with Gasteiger partial charge in [-0.25, -0.2) is 9.78 Å². The number of benzene rings is 3. The number of halogens is 3. The number of alkyl halides is 3. The number of nitrogens with one attached hydrogen (secondary N) is 1. The number of aromatic nitrogens is 1. The number of rotatable bonds is 14. The first kappa shape index (κ1) is 34.0. The number of carbonyl (C=O) groups is 2. The molecular weight excluding hydrogens is 599 g/mol. The fourth-order valence-electron chi connectivity index (χ4n) is 4.71. The first-order valence-corrected chi connectivity index (χ1v) is 14.9. The molecule has 0 unspecified atom stereocenters. The van der Waals surface area contributed by atoms with Crippen molar-refractivity contribution in [3.05, 3.63) is 107 Å². The molecule has 0 aliphatic rings. The van der Waals surface area contributed by atoms with Gasteiger partial charge in [-0.2, -0.15) is 13.2 Å². The molecule has 8 nitrogen and oxygen atoms in total. The van der Waals surface area contributed by atoms with Gasteiger partial charge in [0.05, 0.1) is 30.5 Å². The molecule has 11 heteroatoms. The summed E-state index contributed by atoms with van der Waals surface area (Å²) in [7, 11) is 0. The minimum Gasteiger partial charge on any atom is -0.493 e. The molecule has 46 heavy (non-hydrogen) atoms. The van der Waals surface area contributed by atoms with Crippen LogP contribution in [0.5, 0.6) is 5.75 Å². The average molecular weight is 636 g/mol. The van der Waals surface area contributed by atoms with Crippen molar-refractivity contribution in [1.82, 2.24) is 10.3 Å². The Balaban J connectivity index is 1.35. The molecule has 0 bridgehead atoms. The number of ether oxygens (including phenoxy) is 2. The van der Waals surface area contributed by atoms with Crippen LogP contribution in [0.3, 0.4) is 0 Å². The molecule has 4 aromatic rings. The maximum atomic E-state index is 12.9. The van der Waals surface area contributed by atoms with E-state index in [4.69, 9.17) is 13.9 Å². The zero-order valence-corrected chi connectivity index (χ0v) is 25.9. The van der Waals surface area contributed by atoms with Crippen molar-refractivity contribution in [1.29, 1.82) is 0 Å². The largest absolute Gasteiger partial charge is 0.493 e. The lowest BCUT2D eigenvalue weighted by molar-refractivity contribution is -0.137. The van der Waals surface area contributed by atoms with Crippen molar-refractivity contribution in [3.63, 3.8) is 0 Å². The van der Waals surface area contributed by atoms with Gasteiger partial charge in [0.1, 0.15) is 11.5 Å². The highest BCUT2D eigenvalue weighted by Crippen LogP contribution is 2.29. The number of amides is 1. The average Bonchev–Trinajstić information content (AvgIpc) is 3.41. The number of hydrogen-bond acceptors (Lipinski definition) is 7. The van der Waals surface area contributed by atoms with Crippen LogP contribution in [-0.2, 0) is 23.8 Å². The molecule has 0 saturated heterocycles. The van der Waals surface area contributed by atoms with Crippen molar-refractivity contribution >= 4 is 17.6 Å². The molecule has 0 saturated carbocycles. The number of oxazole rings is 1. The second kappa shape index (κ2) is 15.9. The number of aliphatic imine (C=N–C) groups is 1. The van der Waals surface area contributed by atoms with Crippen LogP contribution in [0.15, 0.2) is 88.3 Å². The number of Topliss-reactive ketones (excluding diaryl/α,β-unsaturated/α-hetero) is 1. The van der Waals surface area contributed by atoms with Gasteiger partial charge in [0.15, 0.2) is 5.78 Å². The van der Waals surface area contributed by atoms with Crippen LogP contribution >= 0.6 is 0 Å². The van der Waals surface area contributed by atoms with E-state index in [9.17, 15) is 22.8 Å². The van der Waals surface area contributed by atoms with Gasteiger partial charge in [-0.3, -0.25) is 9.79 Å². The summed E-state index contributed by atoms with van der Waals surface area (Å²) < 4.78 is 55.4. The summed E-state index contributed by atoms with van der Waals surface area (Å²) in [6, 6.07) is 20.9. The summed E-state index contributed by atoms with van der Waals surface area (Å²) in [5.74, 6) is 1.64.